The second-order valence-corrected chi connectivity index (χ2v) is 2.14. The summed E-state index contributed by atoms with van der Waals surface area (Å²) in [5.74, 6) is 0. The molecule has 0 fully saturated rings. The summed E-state index contributed by atoms with van der Waals surface area (Å²) < 4.78 is 0. The molecule has 0 heterocycles. The normalized spacial score (nSPS) is 8.17. The smallest absolute Gasteiger partial charge is 0.314 e. The fraction of sp³-hybridized carbons (Fsp3) is 0.571. The van der Waals surface area contributed by atoms with E-state index in [0.717, 1.165) is 0 Å². The molecule has 2 amide bonds. The second kappa shape index (κ2) is 5.99. The van der Waals surface area contributed by atoms with Crippen LogP contribution in [-0.4, -0.2) is 24.0 Å². The van der Waals surface area contributed by atoms with Crippen molar-refractivity contribution in [1.82, 2.24) is 4.90 Å². The Morgan fingerprint density at radius 2 is 1.67 bits per heavy atom. The van der Waals surface area contributed by atoms with Crippen molar-refractivity contribution < 1.29 is 4.79 Å². The molecular formula is C7H10N4O. The van der Waals surface area contributed by atoms with Gasteiger partial charge >= 0.3 is 6.03 Å². The van der Waals surface area contributed by atoms with Gasteiger partial charge in [-0.25, -0.2) is 4.79 Å². The summed E-state index contributed by atoms with van der Waals surface area (Å²) in [6, 6.07) is 3.21. The molecule has 0 rings (SSSR count). The number of hydrogen-bond acceptors (Lipinski definition) is 3. The van der Waals surface area contributed by atoms with Crippen molar-refractivity contribution in [3.63, 3.8) is 0 Å². The molecule has 0 saturated heterocycles. The van der Waals surface area contributed by atoms with E-state index in [2.05, 4.69) is 0 Å². The van der Waals surface area contributed by atoms with Gasteiger partial charge in [-0.15, -0.1) is 0 Å². The van der Waals surface area contributed by atoms with Crippen LogP contribution in [0.5, 0.6) is 0 Å². The fourth-order valence-corrected chi connectivity index (χ4v) is 0.702. The van der Waals surface area contributed by atoms with Crippen molar-refractivity contribution in [2.75, 3.05) is 13.1 Å². The summed E-state index contributed by atoms with van der Waals surface area (Å²) in [4.78, 5) is 11.9. The molecule has 0 aliphatic rings. The zero-order valence-corrected chi connectivity index (χ0v) is 6.66. The zero-order chi connectivity index (χ0) is 9.40. The SMILES string of the molecule is N#CCCN(CCC#N)C(N)=O. The van der Waals surface area contributed by atoms with E-state index in [-0.39, 0.29) is 12.8 Å². The van der Waals surface area contributed by atoms with E-state index < -0.39 is 6.03 Å². The number of carbonyl (C=O) groups is 1. The molecule has 0 spiro atoms. The molecule has 0 saturated carbocycles. The van der Waals surface area contributed by atoms with Gasteiger partial charge in [0.25, 0.3) is 0 Å². The number of rotatable bonds is 4. The lowest BCUT2D eigenvalue weighted by atomic mass is 10.3. The summed E-state index contributed by atoms with van der Waals surface area (Å²) >= 11 is 0. The average Bonchev–Trinajstić information content (AvgIpc) is 2.04. The van der Waals surface area contributed by atoms with Crippen LogP contribution in [0.25, 0.3) is 0 Å². The first-order valence-electron chi connectivity index (χ1n) is 3.50. The van der Waals surface area contributed by atoms with Crippen molar-refractivity contribution in [2.45, 2.75) is 12.8 Å². The van der Waals surface area contributed by atoms with Gasteiger partial charge in [-0.3, -0.25) is 0 Å². The van der Waals surface area contributed by atoms with Crippen LogP contribution in [0.4, 0.5) is 4.79 Å². The molecule has 0 bridgehead atoms. The van der Waals surface area contributed by atoms with Gasteiger partial charge in [-0.1, -0.05) is 0 Å². The third-order valence-corrected chi connectivity index (χ3v) is 1.30. The van der Waals surface area contributed by atoms with Crippen LogP contribution in [-0.2, 0) is 0 Å². The summed E-state index contributed by atoms with van der Waals surface area (Å²) in [5.41, 5.74) is 4.99. The Morgan fingerprint density at radius 3 is 1.92 bits per heavy atom. The first-order chi connectivity index (χ1) is 5.72. The fourth-order valence-electron chi connectivity index (χ4n) is 0.702. The molecular weight excluding hydrogens is 156 g/mol. The Hall–Kier alpha value is -1.75. The van der Waals surface area contributed by atoms with Gasteiger partial charge in [0.15, 0.2) is 0 Å². The predicted octanol–water partition coefficient (Wildman–Crippen LogP) is 0.194. The largest absolute Gasteiger partial charge is 0.351 e. The monoisotopic (exact) mass is 166 g/mol. The lowest BCUT2D eigenvalue weighted by Crippen LogP contribution is -2.36. The van der Waals surface area contributed by atoms with Crippen LogP contribution in [0.3, 0.4) is 0 Å². The molecule has 0 aromatic rings. The molecule has 0 atom stereocenters. The Kier molecular flexibility index (Phi) is 5.12. The number of nitrogens with zero attached hydrogens (tertiary/aromatic N) is 3. The maximum absolute atomic E-state index is 10.6. The van der Waals surface area contributed by atoms with E-state index in [4.69, 9.17) is 16.3 Å². The van der Waals surface area contributed by atoms with Crippen molar-refractivity contribution in [3.8, 4) is 12.1 Å². The van der Waals surface area contributed by atoms with Crippen molar-refractivity contribution >= 4 is 6.03 Å². The highest BCUT2D eigenvalue weighted by molar-refractivity contribution is 5.71. The minimum atomic E-state index is -0.583. The first kappa shape index (κ1) is 10.2. The summed E-state index contributed by atoms with van der Waals surface area (Å²) in [7, 11) is 0. The average molecular weight is 166 g/mol. The molecule has 0 aliphatic heterocycles. The Morgan fingerprint density at radius 1 is 1.25 bits per heavy atom. The van der Waals surface area contributed by atoms with Gasteiger partial charge in [0, 0.05) is 13.1 Å². The van der Waals surface area contributed by atoms with Gasteiger partial charge in [-0.2, -0.15) is 10.5 Å². The molecule has 12 heavy (non-hydrogen) atoms. The Balaban J connectivity index is 3.82. The van der Waals surface area contributed by atoms with Crippen molar-refractivity contribution in [3.05, 3.63) is 0 Å². The van der Waals surface area contributed by atoms with E-state index >= 15 is 0 Å². The zero-order valence-electron chi connectivity index (χ0n) is 6.66. The van der Waals surface area contributed by atoms with Crippen LogP contribution in [0, 0.1) is 22.7 Å². The lowest BCUT2D eigenvalue weighted by Gasteiger charge is -2.16. The van der Waals surface area contributed by atoms with E-state index in [0.29, 0.717) is 13.1 Å². The Bertz CT molecular complexity index is 207. The molecule has 0 unspecified atom stereocenters. The number of nitriles is 2. The van der Waals surface area contributed by atoms with Gasteiger partial charge < -0.3 is 10.6 Å². The van der Waals surface area contributed by atoms with Crippen LogP contribution < -0.4 is 5.73 Å². The molecule has 5 heteroatoms. The third-order valence-electron chi connectivity index (χ3n) is 1.30. The summed E-state index contributed by atoms with van der Waals surface area (Å²) in [5, 5.41) is 16.5. The van der Waals surface area contributed by atoms with Gasteiger partial charge in [0.1, 0.15) is 0 Å². The standard InChI is InChI=1S/C7H10N4O/c8-3-1-5-11(7(10)12)6-2-4-9/h1-2,5-6H2,(H2,10,12). The predicted molar refractivity (Wildman–Crippen MR) is 41.6 cm³/mol. The maximum Gasteiger partial charge on any atom is 0.314 e. The second-order valence-electron chi connectivity index (χ2n) is 2.14. The van der Waals surface area contributed by atoms with Crippen LogP contribution in [0.15, 0.2) is 0 Å². The number of carbonyl (C=O) groups excluding carboxylic acids is 1. The van der Waals surface area contributed by atoms with Crippen LogP contribution >= 0.6 is 0 Å². The topological polar surface area (TPSA) is 93.9 Å². The van der Waals surface area contributed by atoms with E-state index in [1.807, 2.05) is 12.1 Å². The van der Waals surface area contributed by atoms with Gasteiger partial charge in [-0.05, 0) is 0 Å². The summed E-state index contributed by atoms with van der Waals surface area (Å²) in [6.45, 7) is 0.598. The first-order valence-corrected chi connectivity index (χ1v) is 3.50. The molecule has 0 aromatic heterocycles. The number of amides is 2. The molecule has 2 N–H and O–H groups in total. The number of nitrogens with two attached hydrogens (primary N) is 1. The third kappa shape index (κ3) is 4.13. The maximum atomic E-state index is 10.6. The van der Waals surface area contributed by atoms with Crippen LogP contribution in [0.2, 0.25) is 0 Å². The van der Waals surface area contributed by atoms with Gasteiger partial charge in [0.2, 0.25) is 0 Å². The van der Waals surface area contributed by atoms with Crippen molar-refractivity contribution in [2.24, 2.45) is 5.73 Å². The van der Waals surface area contributed by atoms with Crippen molar-refractivity contribution in [1.29, 1.82) is 10.5 Å². The lowest BCUT2D eigenvalue weighted by molar-refractivity contribution is 0.210. The molecule has 5 nitrogen and oxygen atoms in total. The van der Waals surface area contributed by atoms with E-state index in [1.54, 1.807) is 0 Å². The number of hydrogen-bond donors (Lipinski definition) is 1. The molecule has 0 radical (unpaired) electrons. The van der Waals surface area contributed by atoms with Gasteiger partial charge in [0.05, 0.1) is 25.0 Å². The minimum Gasteiger partial charge on any atom is -0.351 e. The van der Waals surface area contributed by atoms with E-state index in [1.165, 1.54) is 4.90 Å². The van der Waals surface area contributed by atoms with Crippen LogP contribution in [0.1, 0.15) is 12.8 Å². The highest BCUT2D eigenvalue weighted by atomic mass is 16.2. The minimum absolute atomic E-state index is 0.244. The quantitative estimate of drug-likeness (QED) is 0.646. The summed E-state index contributed by atoms with van der Waals surface area (Å²) in [6.07, 6.45) is 0.489. The Labute approximate surface area is 71.0 Å². The highest BCUT2D eigenvalue weighted by Crippen LogP contribution is 1.92. The molecule has 64 valence electrons. The highest BCUT2D eigenvalue weighted by Gasteiger charge is 2.07. The number of urea groups is 1. The van der Waals surface area contributed by atoms with E-state index in [9.17, 15) is 4.79 Å². The number of primary amides is 1. The molecule has 0 aromatic carbocycles. The molecule has 0 aliphatic carbocycles.